The average molecular weight is 530 g/mol. The number of anilines is 1. The molecule has 0 bridgehead atoms. The number of aryl methyl sites for hydroxylation is 2. The molecule has 0 radical (unpaired) electrons. The molecule has 1 saturated heterocycles. The molecule has 1 aliphatic heterocycles. The summed E-state index contributed by atoms with van der Waals surface area (Å²) >= 11 is 1.50. The van der Waals surface area contributed by atoms with Gasteiger partial charge in [-0.2, -0.15) is 4.37 Å². The Kier molecular flexibility index (Phi) is 9.41. The van der Waals surface area contributed by atoms with Gasteiger partial charge in [-0.3, -0.25) is 4.99 Å². The minimum atomic E-state index is 0. The van der Waals surface area contributed by atoms with E-state index < -0.39 is 0 Å². The Morgan fingerprint density at radius 3 is 2.66 bits per heavy atom. The van der Waals surface area contributed by atoms with Crippen LogP contribution in [0.25, 0.3) is 0 Å². The quantitative estimate of drug-likeness (QED) is 0.352. The van der Waals surface area contributed by atoms with Crippen molar-refractivity contribution in [2.75, 3.05) is 51.8 Å². The second-order valence-electron chi connectivity index (χ2n) is 6.85. The van der Waals surface area contributed by atoms with Gasteiger partial charge in [-0.15, -0.1) is 24.0 Å². The molecule has 160 valence electrons. The van der Waals surface area contributed by atoms with Gasteiger partial charge < -0.3 is 19.9 Å². The van der Waals surface area contributed by atoms with Crippen molar-refractivity contribution in [2.24, 2.45) is 4.99 Å². The first kappa shape index (κ1) is 23.7. The summed E-state index contributed by atoms with van der Waals surface area (Å²) in [6.45, 7) is 8.73. The van der Waals surface area contributed by atoms with Crippen LogP contribution >= 0.6 is 35.5 Å². The largest absolute Gasteiger partial charge is 0.496 e. The predicted octanol–water partition coefficient (Wildman–Crippen LogP) is 2.98. The van der Waals surface area contributed by atoms with Gasteiger partial charge >= 0.3 is 0 Å². The van der Waals surface area contributed by atoms with Gasteiger partial charge in [0.25, 0.3) is 0 Å². The molecule has 1 fully saturated rings. The van der Waals surface area contributed by atoms with E-state index in [-0.39, 0.29) is 24.0 Å². The maximum Gasteiger partial charge on any atom is 0.205 e. The molecular weight excluding hydrogens is 499 g/mol. The first-order chi connectivity index (χ1) is 13.6. The summed E-state index contributed by atoms with van der Waals surface area (Å²) in [5.74, 6) is 2.85. The number of hydrogen-bond acceptors (Lipinski definition) is 6. The van der Waals surface area contributed by atoms with Crippen LogP contribution in [0.5, 0.6) is 5.75 Å². The zero-order chi connectivity index (χ0) is 19.9. The van der Waals surface area contributed by atoms with Crippen molar-refractivity contribution in [3.05, 3.63) is 35.2 Å². The fourth-order valence-corrected chi connectivity index (χ4v) is 4.10. The first-order valence-corrected chi connectivity index (χ1v) is 10.6. The van der Waals surface area contributed by atoms with E-state index in [4.69, 9.17) is 4.74 Å². The summed E-state index contributed by atoms with van der Waals surface area (Å²) in [7, 11) is 3.57. The van der Waals surface area contributed by atoms with Gasteiger partial charge in [0, 0.05) is 57.7 Å². The van der Waals surface area contributed by atoms with Crippen molar-refractivity contribution in [2.45, 2.75) is 26.7 Å². The number of halogens is 1. The number of ether oxygens (including phenoxy) is 1. The molecule has 1 N–H and O–H groups in total. The summed E-state index contributed by atoms with van der Waals surface area (Å²) in [6.07, 6.45) is 1.82. The Balaban J connectivity index is 0.00000300. The maximum atomic E-state index is 5.42. The number of rotatable bonds is 6. The van der Waals surface area contributed by atoms with Gasteiger partial charge in [0.1, 0.15) is 11.6 Å². The molecule has 0 aliphatic carbocycles. The molecule has 9 heteroatoms. The first-order valence-electron chi connectivity index (χ1n) is 9.81. The van der Waals surface area contributed by atoms with E-state index >= 15 is 0 Å². The van der Waals surface area contributed by atoms with E-state index in [9.17, 15) is 0 Å². The van der Waals surface area contributed by atoms with Crippen LogP contribution in [0.2, 0.25) is 0 Å². The summed E-state index contributed by atoms with van der Waals surface area (Å²) in [6, 6.07) is 6.39. The molecule has 1 aromatic carbocycles. The van der Waals surface area contributed by atoms with Crippen molar-refractivity contribution >= 4 is 46.6 Å². The van der Waals surface area contributed by atoms with Gasteiger partial charge in [0.15, 0.2) is 5.96 Å². The fraction of sp³-hybridized carbons (Fsp3) is 0.550. The number of guanidine groups is 1. The zero-order valence-corrected chi connectivity index (χ0v) is 20.8. The molecule has 0 spiro atoms. The van der Waals surface area contributed by atoms with Crippen molar-refractivity contribution in [3.63, 3.8) is 0 Å². The van der Waals surface area contributed by atoms with Gasteiger partial charge in [0.2, 0.25) is 5.13 Å². The molecule has 2 aromatic rings. The number of nitrogens with zero attached hydrogens (tertiary/aromatic N) is 5. The van der Waals surface area contributed by atoms with Crippen LogP contribution in [0, 0.1) is 6.92 Å². The van der Waals surface area contributed by atoms with E-state index in [0.717, 1.165) is 73.8 Å². The Morgan fingerprint density at radius 2 is 2.03 bits per heavy atom. The second-order valence-corrected chi connectivity index (χ2v) is 7.58. The molecule has 0 unspecified atom stereocenters. The second kappa shape index (κ2) is 11.5. The van der Waals surface area contributed by atoms with Gasteiger partial charge in [0.05, 0.1) is 7.11 Å². The molecule has 3 rings (SSSR count). The Morgan fingerprint density at radius 1 is 1.28 bits per heavy atom. The highest BCUT2D eigenvalue weighted by atomic mass is 127. The van der Waals surface area contributed by atoms with Crippen LogP contribution in [0.3, 0.4) is 0 Å². The molecule has 29 heavy (non-hydrogen) atoms. The van der Waals surface area contributed by atoms with E-state index in [1.807, 2.05) is 7.05 Å². The molecule has 0 saturated carbocycles. The minimum absolute atomic E-state index is 0. The zero-order valence-electron chi connectivity index (χ0n) is 17.6. The SMILES string of the molecule is CCc1nsc(N2CCN(C(=NC)NCCc3ccc(C)c(OC)c3)CC2)n1.I. The third-order valence-corrected chi connectivity index (χ3v) is 5.82. The number of benzene rings is 1. The van der Waals surface area contributed by atoms with Crippen LogP contribution in [-0.2, 0) is 12.8 Å². The monoisotopic (exact) mass is 530 g/mol. The summed E-state index contributed by atoms with van der Waals surface area (Å²) in [4.78, 5) is 13.7. The Hall–Kier alpha value is -1.62. The van der Waals surface area contributed by atoms with E-state index in [0.29, 0.717) is 0 Å². The molecule has 0 atom stereocenters. The molecule has 0 amide bonds. The fourth-order valence-electron chi connectivity index (χ4n) is 3.30. The lowest BCUT2D eigenvalue weighted by atomic mass is 10.1. The summed E-state index contributed by atoms with van der Waals surface area (Å²) in [5, 5.41) is 4.53. The Bertz CT molecular complexity index is 804. The molecule has 2 heterocycles. The van der Waals surface area contributed by atoms with Crippen molar-refractivity contribution in [3.8, 4) is 5.75 Å². The summed E-state index contributed by atoms with van der Waals surface area (Å²) in [5.41, 5.74) is 2.42. The standard InChI is InChI=1S/C20H30N6OS.HI/c1-5-18-23-20(28-24-18)26-12-10-25(11-13-26)19(21-3)22-9-8-16-7-6-15(2)17(14-16)27-4;/h6-7,14H,5,8-13H2,1-4H3,(H,21,22);1H. The van der Waals surface area contributed by atoms with Crippen LogP contribution in [0.4, 0.5) is 5.13 Å². The summed E-state index contributed by atoms with van der Waals surface area (Å²) < 4.78 is 9.82. The van der Waals surface area contributed by atoms with Crippen molar-refractivity contribution in [1.82, 2.24) is 19.6 Å². The highest BCUT2D eigenvalue weighted by molar-refractivity contribution is 14.0. The highest BCUT2D eigenvalue weighted by Gasteiger charge is 2.21. The van der Waals surface area contributed by atoms with Gasteiger partial charge in [-0.25, -0.2) is 4.98 Å². The number of piperazine rings is 1. The van der Waals surface area contributed by atoms with E-state index in [2.05, 4.69) is 61.5 Å². The maximum absolute atomic E-state index is 5.42. The Labute approximate surface area is 194 Å². The predicted molar refractivity (Wildman–Crippen MR) is 131 cm³/mol. The normalized spacial score (nSPS) is 14.6. The smallest absolute Gasteiger partial charge is 0.205 e. The van der Waals surface area contributed by atoms with Crippen LogP contribution in [0.15, 0.2) is 23.2 Å². The van der Waals surface area contributed by atoms with Crippen molar-refractivity contribution in [1.29, 1.82) is 0 Å². The van der Waals surface area contributed by atoms with E-state index in [1.165, 1.54) is 17.1 Å². The van der Waals surface area contributed by atoms with Crippen molar-refractivity contribution < 1.29 is 4.74 Å². The van der Waals surface area contributed by atoms with Gasteiger partial charge in [-0.05, 0) is 30.5 Å². The molecule has 1 aliphatic rings. The lowest BCUT2D eigenvalue weighted by Gasteiger charge is -2.36. The number of aliphatic imine (C=N–C) groups is 1. The molecular formula is C20H31IN6OS. The number of hydrogen-bond donors (Lipinski definition) is 1. The number of methoxy groups -OCH3 is 1. The lowest BCUT2D eigenvalue weighted by Crippen LogP contribution is -2.52. The number of aromatic nitrogens is 2. The minimum Gasteiger partial charge on any atom is -0.496 e. The lowest BCUT2D eigenvalue weighted by molar-refractivity contribution is 0.372. The highest BCUT2D eigenvalue weighted by Crippen LogP contribution is 2.20. The topological polar surface area (TPSA) is 65.9 Å². The molecule has 7 nitrogen and oxygen atoms in total. The van der Waals surface area contributed by atoms with Crippen LogP contribution in [0.1, 0.15) is 23.9 Å². The number of nitrogens with one attached hydrogen (secondary N) is 1. The average Bonchev–Trinajstić information content (AvgIpc) is 3.22. The molecule has 1 aromatic heterocycles. The third kappa shape index (κ3) is 6.18. The van der Waals surface area contributed by atoms with Crippen LogP contribution < -0.4 is 15.0 Å². The third-order valence-electron chi connectivity index (χ3n) is 5.00. The van der Waals surface area contributed by atoms with E-state index in [1.54, 1.807) is 7.11 Å². The van der Waals surface area contributed by atoms with Crippen LogP contribution in [-0.4, -0.2) is 67.1 Å². The van der Waals surface area contributed by atoms with Gasteiger partial charge in [-0.1, -0.05) is 19.1 Å².